The number of aryl methyl sites for hydroxylation is 1. The SMILES string of the molecule is Cc1cc(C(NN)c2ccoc2)nc2ccccc12. The number of rotatable bonds is 3. The molecule has 1 aromatic carbocycles. The fraction of sp³-hybridized carbons (Fsp3) is 0.133. The van der Waals surface area contributed by atoms with Crippen LogP contribution in [-0.2, 0) is 0 Å². The van der Waals surface area contributed by atoms with E-state index in [2.05, 4.69) is 29.5 Å². The first-order valence-corrected chi connectivity index (χ1v) is 6.14. The number of furan rings is 1. The Hall–Kier alpha value is -2.17. The number of fused-ring (bicyclic) bond motifs is 1. The number of hydrogen-bond acceptors (Lipinski definition) is 4. The number of pyridine rings is 1. The normalized spacial score (nSPS) is 12.7. The van der Waals surface area contributed by atoms with Crippen LogP contribution in [0.2, 0.25) is 0 Å². The molecule has 0 fully saturated rings. The zero-order chi connectivity index (χ0) is 13.2. The number of nitrogens with one attached hydrogen (secondary N) is 1. The predicted molar refractivity (Wildman–Crippen MR) is 74.4 cm³/mol. The molecule has 2 heterocycles. The zero-order valence-electron chi connectivity index (χ0n) is 10.6. The Morgan fingerprint density at radius 2 is 2.11 bits per heavy atom. The van der Waals surface area contributed by atoms with Gasteiger partial charge in [0.25, 0.3) is 0 Å². The zero-order valence-corrected chi connectivity index (χ0v) is 10.6. The van der Waals surface area contributed by atoms with Gasteiger partial charge in [0, 0.05) is 10.9 Å². The van der Waals surface area contributed by atoms with E-state index in [0.29, 0.717) is 0 Å². The largest absolute Gasteiger partial charge is 0.472 e. The third kappa shape index (κ3) is 2.12. The van der Waals surface area contributed by atoms with Gasteiger partial charge in [0.1, 0.15) is 0 Å². The fourth-order valence-electron chi connectivity index (χ4n) is 2.32. The van der Waals surface area contributed by atoms with E-state index in [4.69, 9.17) is 10.3 Å². The molecule has 4 nitrogen and oxygen atoms in total. The molecule has 0 radical (unpaired) electrons. The highest BCUT2D eigenvalue weighted by Crippen LogP contribution is 2.24. The molecular formula is C15H15N3O. The first-order chi connectivity index (χ1) is 9.29. The summed E-state index contributed by atoms with van der Waals surface area (Å²) in [7, 11) is 0. The van der Waals surface area contributed by atoms with Crippen LogP contribution in [0.5, 0.6) is 0 Å². The number of aromatic nitrogens is 1. The molecule has 0 saturated heterocycles. The van der Waals surface area contributed by atoms with Gasteiger partial charge in [-0.3, -0.25) is 10.8 Å². The van der Waals surface area contributed by atoms with Crippen molar-refractivity contribution in [1.29, 1.82) is 0 Å². The van der Waals surface area contributed by atoms with Crippen molar-refractivity contribution in [2.24, 2.45) is 5.84 Å². The lowest BCUT2D eigenvalue weighted by Crippen LogP contribution is -2.29. The quantitative estimate of drug-likeness (QED) is 0.556. The summed E-state index contributed by atoms with van der Waals surface area (Å²) in [5, 5.41) is 1.16. The lowest BCUT2D eigenvalue weighted by Gasteiger charge is -2.15. The van der Waals surface area contributed by atoms with Gasteiger partial charge in [-0.05, 0) is 30.7 Å². The number of nitrogens with zero attached hydrogens (tertiary/aromatic N) is 1. The second-order valence-corrected chi connectivity index (χ2v) is 4.54. The number of para-hydroxylation sites is 1. The standard InChI is InChI=1S/C15H15N3O/c1-10-8-14(15(18-16)11-6-7-19-9-11)17-13-5-3-2-4-12(10)13/h2-9,15,18H,16H2,1H3. The van der Waals surface area contributed by atoms with Crippen LogP contribution < -0.4 is 11.3 Å². The molecule has 1 unspecified atom stereocenters. The monoisotopic (exact) mass is 253 g/mol. The molecular weight excluding hydrogens is 238 g/mol. The Morgan fingerprint density at radius 3 is 2.84 bits per heavy atom. The van der Waals surface area contributed by atoms with Gasteiger partial charge in [0.2, 0.25) is 0 Å². The maximum Gasteiger partial charge on any atom is 0.0954 e. The molecule has 96 valence electrons. The van der Waals surface area contributed by atoms with Crippen LogP contribution >= 0.6 is 0 Å². The first kappa shape index (κ1) is 11.9. The third-order valence-corrected chi connectivity index (χ3v) is 3.28. The van der Waals surface area contributed by atoms with E-state index in [1.807, 2.05) is 24.3 Å². The second-order valence-electron chi connectivity index (χ2n) is 4.54. The Labute approximate surface area is 111 Å². The summed E-state index contributed by atoms with van der Waals surface area (Å²) < 4.78 is 5.11. The second kappa shape index (κ2) is 4.84. The van der Waals surface area contributed by atoms with Crippen molar-refractivity contribution < 1.29 is 4.42 Å². The molecule has 0 bridgehead atoms. The minimum absolute atomic E-state index is 0.165. The Bertz CT molecular complexity index is 692. The lowest BCUT2D eigenvalue weighted by molar-refractivity contribution is 0.551. The summed E-state index contributed by atoms with van der Waals surface area (Å²) >= 11 is 0. The molecule has 3 rings (SSSR count). The van der Waals surface area contributed by atoms with Crippen molar-refractivity contribution in [3.63, 3.8) is 0 Å². The molecule has 0 spiro atoms. The van der Waals surface area contributed by atoms with E-state index < -0.39 is 0 Å². The number of nitrogens with two attached hydrogens (primary N) is 1. The van der Waals surface area contributed by atoms with Gasteiger partial charge in [-0.15, -0.1) is 0 Å². The maximum atomic E-state index is 5.66. The third-order valence-electron chi connectivity index (χ3n) is 3.28. The van der Waals surface area contributed by atoms with Crippen LogP contribution in [-0.4, -0.2) is 4.98 Å². The topological polar surface area (TPSA) is 64.1 Å². The van der Waals surface area contributed by atoms with Crippen molar-refractivity contribution >= 4 is 10.9 Å². The molecule has 0 saturated carbocycles. The lowest BCUT2D eigenvalue weighted by atomic mass is 10.0. The molecule has 4 heteroatoms. The minimum Gasteiger partial charge on any atom is -0.472 e. The van der Waals surface area contributed by atoms with Crippen molar-refractivity contribution in [2.75, 3.05) is 0 Å². The minimum atomic E-state index is -0.165. The van der Waals surface area contributed by atoms with Gasteiger partial charge in [-0.2, -0.15) is 0 Å². The molecule has 3 aromatic rings. The van der Waals surface area contributed by atoms with Gasteiger partial charge < -0.3 is 4.42 Å². The molecule has 1 atom stereocenters. The average molecular weight is 253 g/mol. The Morgan fingerprint density at radius 1 is 1.26 bits per heavy atom. The van der Waals surface area contributed by atoms with E-state index in [0.717, 1.165) is 22.2 Å². The fourth-order valence-corrected chi connectivity index (χ4v) is 2.32. The van der Waals surface area contributed by atoms with Crippen molar-refractivity contribution in [3.05, 3.63) is 65.7 Å². The maximum absolute atomic E-state index is 5.66. The summed E-state index contributed by atoms with van der Waals surface area (Å²) in [6, 6.07) is 11.9. The number of benzene rings is 1. The highest BCUT2D eigenvalue weighted by atomic mass is 16.3. The van der Waals surface area contributed by atoms with Gasteiger partial charge in [0.15, 0.2) is 0 Å². The summed E-state index contributed by atoms with van der Waals surface area (Å²) in [5.41, 5.74) is 6.80. The Balaban J connectivity index is 2.14. The smallest absolute Gasteiger partial charge is 0.0954 e. The van der Waals surface area contributed by atoms with Crippen molar-refractivity contribution in [2.45, 2.75) is 13.0 Å². The van der Waals surface area contributed by atoms with Crippen molar-refractivity contribution in [3.8, 4) is 0 Å². The molecule has 0 aliphatic carbocycles. The Kier molecular flexibility index (Phi) is 3.03. The highest BCUT2D eigenvalue weighted by Gasteiger charge is 2.16. The van der Waals surface area contributed by atoms with Crippen LogP contribution in [0.4, 0.5) is 0 Å². The summed E-state index contributed by atoms with van der Waals surface area (Å²) in [6.45, 7) is 2.08. The van der Waals surface area contributed by atoms with E-state index in [9.17, 15) is 0 Å². The average Bonchev–Trinajstić information content (AvgIpc) is 2.94. The van der Waals surface area contributed by atoms with Gasteiger partial charge >= 0.3 is 0 Å². The van der Waals surface area contributed by atoms with Crippen molar-refractivity contribution in [1.82, 2.24) is 10.4 Å². The highest BCUT2D eigenvalue weighted by molar-refractivity contribution is 5.82. The molecule has 0 aliphatic heterocycles. The molecule has 0 aliphatic rings. The van der Waals surface area contributed by atoms with Gasteiger partial charge in [-0.25, -0.2) is 5.43 Å². The van der Waals surface area contributed by atoms with Crippen LogP contribution in [0, 0.1) is 6.92 Å². The van der Waals surface area contributed by atoms with E-state index in [-0.39, 0.29) is 6.04 Å². The van der Waals surface area contributed by atoms with Gasteiger partial charge in [-0.1, -0.05) is 18.2 Å². The number of hydrazine groups is 1. The molecule has 19 heavy (non-hydrogen) atoms. The van der Waals surface area contributed by atoms with Crippen LogP contribution in [0.3, 0.4) is 0 Å². The molecule has 0 amide bonds. The van der Waals surface area contributed by atoms with Gasteiger partial charge in [0.05, 0.1) is 29.8 Å². The molecule has 3 N–H and O–H groups in total. The summed E-state index contributed by atoms with van der Waals surface area (Å²) in [5.74, 6) is 5.66. The van der Waals surface area contributed by atoms with Crippen LogP contribution in [0.15, 0.2) is 53.3 Å². The predicted octanol–water partition coefficient (Wildman–Crippen LogP) is 2.69. The van der Waals surface area contributed by atoms with Crippen LogP contribution in [0.25, 0.3) is 10.9 Å². The van der Waals surface area contributed by atoms with E-state index in [1.54, 1.807) is 12.5 Å². The summed E-state index contributed by atoms with van der Waals surface area (Å²) in [6.07, 6.45) is 3.31. The molecule has 2 aromatic heterocycles. The summed E-state index contributed by atoms with van der Waals surface area (Å²) in [4.78, 5) is 4.68. The first-order valence-electron chi connectivity index (χ1n) is 6.14. The number of hydrogen-bond donors (Lipinski definition) is 2. The van der Waals surface area contributed by atoms with E-state index >= 15 is 0 Å². The van der Waals surface area contributed by atoms with Crippen LogP contribution in [0.1, 0.15) is 22.9 Å². The van der Waals surface area contributed by atoms with E-state index in [1.165, 1.54) is 5.56 Å².